The van der Waals surface area contributed by atoms with E-state index in [9.17, 15) is 0 Å². The van der Waals surface area contributed by atoms with E-state index in [1.165, 1.54) is 11.1 Å². The number of benzene rings is 2. The van der Waals surface area contributed by atoms with Gasteiger partial charge in [-0.05, 0) is 48.4 Å². The van der Waals surface area contributed by atoms with Gasteiger partial charge in [0.05, 0.1) is 23.0 Å². The van der Waals surface area contributed by atoms with Gasteiger partial charge in [-0.15, -0.1) is 5.73 Å². The monoisotopic (exact) mass is 477 g/mol. The summed E-state index contributed by atoms with van der Waals surface area (Å²) in [6.45, 7) is 9.56. The van der Waals surface area contributed by atoms with Crippen molar-refractivity contribution in [3.05, 3.63) is 88.8 Å². The summed E-state index contributed by atoms with van der Waals surface area (Å²) in [5.74, 6) is 1.20. The van der Waals surface area contributed by atoms with Gasteiger partial charge in [-0.2, -0.15) is 10.2 Å². The number of nitriles is 1. The molecular weight excluding hydrogens is 446 g/mol. The average molecular weight is 478 g/mol. The Kier molecular flexibility index (Phi) is 6.73. The first-order valence-electron chi connectivity index (χ1n) is 12.4. The highest BCUT2D eigenvalue weighted by Crippen LogP contribution is 2.29. The normalized spacial score (nSPS) is 15.7. The van der Waals surface area contributed by atoms with E-state index in [-0.39, 0.29) is 0 Å². The van der Waals surface area contributed by atoms with Gasteiger partial charge in [0.2, 0.25) is 5.95 Å². The molecule has 36 heavy (non-hydrogen) atoms. The van der Waals surface area contributed by atoms with Crippen LogP contribution in [0.1, 0.15) is 22.3 Å². The zero-order valence-electron chi connectivity index (χ0n) is 20.7. The Hall–Kier alpha value is -4.11. The van der Waals surface area contributed by atoms with Gasteiger partial charge in [-0.1, -0.05) is 30.8 Å². The zero-order chi connectivity index (χ0) is 25.1. The first-order chi connectivity index (χ1) is 17.5. The Labute approximate surface area is 212 Å². The smallest absolute Gasteiger partial charge is 0.222 e. The molecule has 0 radical (unpaired) electrons. The van der Waals surface area contributed by atoms with Crippen LogP contribution in [0.15, 0.2) is 66.5 Å². The number of anilines is 2. The van der Waals surface area contributed by atoms with E-state index in [1.54, 1.807) is 0 Å². The first kappa shape index (κ1) is 23.6. The van der Waals surface area contributed by atoms with E-state index in [4.69, 9.17) is 11.0 Å². The van der Waals surface area contributed by atoms with Gasteiger partial charge in [0.15, 0.2) is 0 Å². The van der Waals surface area contributed by atoms with Crippen LogP contribution in [0, 0.1) is 11.3 Å². The molecule has 0 unspecified atom stereocenters. The topological polar surface area (TPSA) is 85.3 Å². The van der Waals surface area contributed by atoms with Crippen LogP contribution >= 0.6 is 0 Å². The van der Waals surface area contributed by atoms with Gasteiger partial charge in [-0.3, -0.25) is 0 Å². The highest BCUT2D eigenvalue weighted by Gasteiger charge is 2.21. The molecule has 2 aliphatic rings. The molecule has 0 atom stereocenters. The van der Waals surface area contributed by atoms with Crippen LogP contribution in [-0.2, 0) is 19.4 Å². The quantitative estimate of drug-likeness (QED) is 0.562. The van der Waals surface area contributed by atoms with Crippen molar-refractivity contribution in [1.82, 2.24) is 19.8 Å². The maximum absolute atomic E-state index is 9.06. The minimum absolute atomic E-state index is 0.306. The third-order valence-corrected chi connectivity index (χ3v) is 7.11. The third-order valence-electron chi connectivity index (χ3n) is 7.11. The Balaban J connectivity index is 1.36. The van der Waals surface area contributed by atoms with Crippen LogP contribution in [0.5, 0.6) is 0 Å². The van der Waals surface area contributed by atoms with Crippen molar-refractivity contribution in [2.75, 3.05) is 50.4 Å². The second-order valence-corrected chi connectivity index (χ2v) is 9.52. The molecule has 1 saturated heterocycles. The molecule has 0 bridgehead atoms. The lowest BCUT2D eigenvalue weighted by Gasteiger charge is -2.33. The highest BCUT2D eigenvalue weighted by molar-refractivity contribution is 5.66. The minimum Gasteiger partial charge on any atom is -0.368 e. The Morgan fingerprint density at radius 2 is 1.78 bits per heavy atom. The Morgan fingerprint density at radius 3 is 2.50 bits per heavy atom. The van der Waals surface area contributed by atoms with Crippen LogP contribution in [-0.4, -0.2) is 59.5 Å². The molecule has 0 amide bonds. The van der Waals surface area contributed by atoms with E-state index < -0.39 is 0 Å². The molecule has 1 fully saturated rings. The van der Waals surface area contributed by atoms with Gasteiger partial charge >= 0.3 is 0 Å². The zero-order valence-corrected chi connectivity index (χ0v) is 20.7. The van der Waals surface area contributed by atoms with Crippen molar-refractivity contribution in [2.45, 2.75) is 19.4 Å². The molecule has 0 saturated carbocycles. The molecule has 0 spiro atoms. The SMILES string of the molecule is C=C=C(Cc1ccc(C#N)cc1)N1CCc2ccc(-c3cc(N4CCN(C)CC4)nc(N)n3)cc2C1. The number of hydrogen-bond donors (Lipinski definition) is 1. The number of allylic oxidation sites excluding steroid dienone is 1. The molecule has 7 nitrogen and oxygen atoms in total. The fraction of sp³-hybridized carbons (Fsp3) is 0.310. The van der Waals surface area contributed by atoms with Gasteiger partial charge in [0.25, 0.3) is 0 Å². The molecule has 2 aliphatic heterocycles. The number of hydrogen-bond acceptors (Lipinski definition) is 7. The number of nitrogens with two attached hydrogens (primary N) is 1. The summed E-state index contributed by atoms with van der Waals surface area (Å²) >= 11 is 0. The maximum atomic E-state index is 9.06. The number of nitrogen functional groups attached to an aromatic ring is 1. The summed E-state index contributed by atoms with van der Waals surface area (Å²) < 4.78 is 0. The molecular formula is C29H31N7. The first-order valence-corrected chi connectivity index (χ1v) is 12.4. The van der Waals surface area contributed by atoms with Crippen molar-refractivity contribution in [1.29, 1.82) is 5.26 Å². The van der Waals surface area contributed by atoms with Crippen molar-refractivity contribution in [2.24, 2.45) is 0 Å². The molecule has 2 aromatic carbocycles. The van der Waals surface area contributed by atoms with Crippen molar-refractivity contribution < 1.29 is 0 Å². The lowest BCUT2D eigenvalue weighted by Crippen LogP contribution is -2.44. The van der Waals surface area contributed by atoms with Crippen LogP contribution < -0.4 is 10.6 Å². The van der Waals surface area contributed by atoms with E-state index in [0.717, 1.165) is 80.4 Å². The van der Waals surface area contributed by atoms with Crippen LogP contribution in [0.2, 0.25) is 0 Å². The van der Waals surface area contributed by atoms with E-state index in [1.807, 2.05) is 24.3 Å². The lowest BCUT2D eigenvalue weighted by atomic mass is 9.95. The highest BCUT2D eigenvalue weighted by atomic mass is 15.3. The molecule has 182 valence electrons. The predicted molar refractivity (Wildman–Crippen MR) is 143 cm³/mol. The van der Waals surface area contributed by atoms with Gasteiger partial charge in [-0.25, -0.2) is 4.98 Å². The van der Waals surface area contributed by atoms with Crippen LogP contribution in [0.4, 0.5) is 11.8 Å². The number of piperazine rings is 1. The van der Waals surface area contributed by atoms with E-state index in [0.29, 0.717) is 11.5 Å². The molecule has 7 heteroatoms. The van der Waals surface area contributed by atoms with Gasteiger partial charge in [0, 0.05) is 57.3 Å². The Bertz CT molecular complexity index is 1340. The summed E-state index contributed by atoms with van der Waals surface area (Å²) in [6, 6.07) is 18.6. The fourth-order valence-corrected chi connectivity index (χ4v) is 4.92. The summed E-state index contributed by atoms with van der Waals surface area (Å²) in [4.78, 5) is 16.0. The third kappa shape index (κ3) is 5.11. The van der Waals surface area contributed by atoms with Crippen LogP contribution in [0.25, 0.3) is 11.3 Å². The van der Waals surface area contributed by atoms with Crippen molar-refractivity contribution >= 4 is 11.8 Å². The average Bonchev–Trinajstić information content (AvgIpc) is 2.91. The predicted octanol–water partition coefficient (Wildman–Crippen LogP) is 3.62. The summed E-state index contributed by atoms with van der Waals surface area (Å²) in [6.07, 6.45) is 1.70. The van der Waals surface area contributed by atoms with Crippen molar-refractivity contribution in [3.8, 4) is 17.3 Å². The summed E-state index contributed by atoms with van der Waals surface area (Å²) in [5, 5.41) is 9.06. The van der Waals surface area contributed by atoms with Crippen LogP contribution in [0.3, 0.4) is 0 Å². The molecule has 2 N–H and O–H groups in total. The van der Waals surface area contributed by atoms with E-state index >= 15 is 0 Å². The second-order valence-electron chi connectivity index (χ2n) is 9.52. The lowest BCUT2D eigenvalue weighted by molar-refractivity contribution is 0.312. The number of rotatable bonds is 5. The van der Waals surface area contributed by atoms with Gasteiger partial charge in [0.1, 0.15) is 5.82 Å². The number of nitrogens with zero attached hydrogens (tertiary/aromatic N) is 6. The summed E-state index contributed by atoms with van der Waals surface area (Å²) in [7, 11) is 2.14. The molecule has 0 aliphatic carbocycles. The summed E-state index contributed by atoms with van der Waals surface area (Å²) in [5.41, 5.74) is 16.7. The molecule has 1 aromatic heterocycles. The maximum Gasteiger partial charge on any atom is 0.222 e. The second kappa shape index (κ2) is 10.2. The molecule has 3 aromatic rings. The largest absolute Gasteiger partial charge is 0.368 e. The number of likely N-dealkylation sites (N-methyl/N-ethyl adjacent to an activating group) is 1. The Morgan fingerprint density at radius 1 is 1.00 bits per heavy atom. The fourth-order valence-electron chi connectivity index (χ4n) is 4.92. The van der Waals surface area contributed by atoms with E-state index in [2.05, 4.69) is 74.4 Å². The standard InChI is InChI=1S/C29H31N7/c1-3-26(16-21-4-6-22(19-30)7-5-21)36-11-10-23-8-9-24(17-25(23)20-36)27-18-28(33-29(31)32-27)35-14-12-34(2)13-15-35/h4-9,17-18H,1,10-16,20H2,2H3,(H2,31,32,33). The van der Waals surface area contributed by atoms with Gasteiger partial charge < -0.3 is 20.4 Å². The number of fused-ring (bicyclic) bond motifs is 1. The molecule has 3 heterocycles. The molecule has 5 rings (SSSR count). The minimum atomic E-state index is 0.306. The van der Waals surface area contributed by atoms with Crippen molar-refractivity contribution in [3.63, 3.8) is 0 Å². The number of aromatic nitrogens is 2.